The van der Waals surface area contributed by atoms with Crippen molar-refractivity contribution in [2.24, 2.45) is 4.99 Å². The van der Waals surface area contributed by atoms with Crippen molar-refractivity contribution >= 4 is 29.4 Å². The van der Waals surface area contributed by atoms with Crippen molar-refractivity contribution in [2.75, 3.05) is 6.61 Å². The summed E-state index contributed by atoms with van der Waals surface area (Å²) in [7, 11) is 0. The second kappa shape index (κ2) is 9.87. The van der Waals surface area contributed by atoms with Crippen LogP contribution in [-0.2, 0) is 9.53 Å². The zero-order valence-electron chi connectivity index (χ0n) is 20.0. The topological polar surface area (TPSA) is 111 Å². The molecule has 5 rings (SSSR count). The third kappa shape index (κ3) is 4.45. The lowest BCUT2D eigenvalue weighted by molar-refractivity contribution is -0.139. The van der Waals surface area contributed by atoms with Gasteiger partial charge in [0.05, 0.1) is 34.0 Å². The quantitative estimate of drug-likeness (QED) is 0.392. The van der Waals surface area contributed by atoms with E-state index < -0.39 is 18.0 Å². The number of rotatable bonds is 6. The summed E-state index contributed by atoms with van der Waals surface area (Å²) < 4.78 is 13.1. The standard InChI is InChI=1S/C28H22N2O6S/c1-3-35-27(34)23-16(2)29-28-30(24(23)17-9-5-4-6-10-17)25(31)22(37-28)15-18-13-14-21(36-18)19-11-7-8-12-20(19)26(32)33/h4-15,24H,3H2,1-2H3,(H,32,33)/b22-15+. The number of carbonyl (C=O) groups excluding carboxylic acids is 1. The fourth-order valence-corrected chi connectivity index (χ4v) is 5.36. The average Bonchev–Trinajstić information content (AvgIpc) is 3.48. The van der Waals surface area contributed by atoms with Crippen molar-refractivity contribution in [2.45, 2.75) is 19.9 Å². The maximum Gasteiger partial charge on any atom is 0.338 e. The average molecular weight is 515 g/mol. The minimum Gasteiger partial charge on any atom is -0.478 e. The number of fused-ring (bicyclic) bond motifs is 1. The number of carbonyl (C=O) groups is 2. The molecule has 0 saturated heterocycles. The lowest BCUT2D eigenvalue weighted by atomic mass is 9.96. The van der Waals surface area contributed by atoms with Gasteiger partial charge in [0.1, 0.15) is 11.5 Å². The Morgan fingerprint density at radius 2 is 1.84 bits per heavy atom. The Kier molecular flexibility index (Phi) is 6.45. The maximum atomic E-state index is 13.6. The summed E-state index contributed by atoms with van der Waals surface area (Å²) in [4.78, 5) is 43.2. The number of esters is 1. The SMILES string of the molecule is CCOC(=O)C1=C(C)N=c2s/c(=C/c3ccc(-c4ccccc4C(=O)O)o3)c(=O)n2C1c1ccccc1. The Labute approximate surface area is 215 Å². The molecule has 0 aliphatic carbocycles. The van der Waals surface area contributed by atoms with Crippen LogP contribution in [0.3, 0.4) is 0 Å². The Hall–Kier alpha value is -4.50. The first-order valence-electron chi connectivity index (χ1n) is 11.6. The minimum absolute atomic E-state index is 0.118. The monoisotopic (exact) mass is 514 g/mol. The van der Waals surface area contributed by atoms with E-state index in [9.17, 15) is 19.5 Å². The molecule has 4 aromatic rings. The summed E-state index contributed by atoms with van der Waals surface area (Å²) in [6.45, 7) is 3.67. The summed E-state index contributed by atoms with van der Waals surface area (Å²) in [6, 6.07) is 18.5. The molecule has 0 saturated carbocycles. The summed E-state index contributed by atoms with van der Waals surface area (Å²) >= 11 is 1.19. The number of allylic oxidation sites excluding steroid dienone is 1. The van der Waals surface area contributed by atoms with E-state index in [2.05, 4.69) is 4.99 Å². The molecule has 1 unspecified atom stereocenters. The van der Waals surface area contributed by atoms with Crippen molar-refractivity contribution in [3.63, 3.8) is 0 Å². The molecule has 0 spiro atoms. The van der Waals surface area contributed by atoms with Gasteiger partial charge >= 0.3 is 11.9 Å². The van der Waals surface area contributed by atoms with E-state index in [-0.39, 0.29) is 17.7 Å². The van der Waals surface area contributed by atoms with Gasteiger partial charge in [0, 0.05) is 11.6 Å². The number of furan rings is 1. The largest absolute Gasteiger partial charge is 0.478 e. The van der Waals surface area contributed by atoms with Crippen LogP contribution in [0, 0.1) is 0 Å². The predicted molar refractivity (Wildman–Crippen MR) is 138 cm³/mol. The summed E-state index contributed by atoms with van der Waals surface area (Å²) in [5, 5.41) is 9.49. The number of hydrogen-bond donors (Lipinski definition) is 1. The molecule has 0 fully saturated rings. The molecule has 2 aromatic heterocycles. The Morgan fingerprint density at radius 3 is 2.57 bits per heavy atom. The highest BCUT2D eigenvalue weighted by Gasteiger charge is 2.33. The zero-order valence-corrected chi connectivity index (χ0v) is 20.8. The maximum absolute atomic E-state index is 13.6. The van der Waals surface area contributed by atoms with Crippen LogP contribution in [0.4, 0.5) is 0 Å². The second-order valence-electron chi connectivity index (χ2n) is 8.27. The number of ether oxygens (including phenoxy) is 1. The number of carboxylic acid groups (broad SMARTS) is 1. The number of thiazole rings is 1. The molecule has 1 aliphatic rings. The van der Waals surface area contributed by atoms with Gasteiger partial charge in [-0.25, -0.2) is 14.6 Å². The van der Waals surface area contributed by atoms with Crippen LogP contribution in [-0.4, -0.2) is 28.2 Å². The van der Waals surface area contributed by atoms with E-state index in [1.807, 2.05) is 30.3 Å². The van der Waals surface area contributed by atoms with Crippen molar-refractivity contribution in [1.29, 1.82) is 0 Å². The van der Waals surface area contributed by atoms with Crippen molar-refractivity contribution in [3.05, 3.63) is 115 Å². The van der Waals surface area contributed by atoms with Gasteiger partial charge in [-0.3, -0.25) is 9.36 Å². The molecule has 0 amide bonds. The molecule has 8 nitrogen and oxygen atoms in total. The zero-order chi connectivity index (χ0) is 26.1. The molecule has 1 N–H and O–H groups in total. The van der Waals surface area contributed by atoms with Gasteiger partial charge in [0.25, 0.3) is 5.56 Å². The number of hydrogen-bond acceptors (Lipinski definition) is 7. The summed E-state index contributed by atoms with van der Waals surface area (Å²) in [5.74, 6) is -0.812. The van der Waals surface area contributed by atoms with Crippen molar-refractivity contribution in [3.8, 4) is 11.3 Å². The van der Waals surface area contributed by atoms with E-state index >= 15 is 0 Å². The number of benzene rings is 2. The van der Waals surface area contributed by atoms with Crippen LogP contribution in [0.15, 0.2) is 92.2 Å². The third-order valence-electron chi connectivity index (χ3n) is 5.96. The van der Waals surface area contributed by atoms with Gasteiger partial charge in [-0.15, -0.1) is 0 Å². The fraction of sp³-hybridized carbons (Fsp3) is 0.143. The molecule has 186 valence electrons. The van der Waals surface area contributed by atoms with E-state index in [4.69, 9.17) is 9.15 Å². The molecule has 9 heteroatoms. The van der Waals surface area contributed by atoms with Crippen molar-refractivity contribution in [1.82, 2.24) is 4.57 Å². The number of aromatic nitrogens is 1. The van der Waals surface area contributed by atoms with Crippen molar-refractivity contribution < 1.29 is 23.8 Å². The Morgan fingerprint density at radius 1 is 1.11 bits per heavy atom. The molecule has 0 radical (unpaired) electrons. The van der Waals surface area contributed by atoms with E-state index in [1.54, 1.807) is 50.3 Å². The number of nitrogens with zero attached hydrogens (tertiary/aromatic N) is 2. The normalized spacial score (nSPS) is 15.3. The predicted octanol–water partition coefficient (Wildman–Crippen LogP) is 3.76. The molecule has 37 heavy (non-hydrogen) atoms. The highest BCUT2D eigenvalue weighted by atomic mass is 32.1. The first kappa shape index (κ1) is 24.2. The van der Waals surface area contributed by atoms with Gasteiger partial charge in [-0.05, 0) is 37.6 Å². The third-order valence-corrected chi connectivity index (χ3v) is 6.94. The van der Waals surface area contributed by atoms with E-state index in [0.717, 1.165) is 5.56 Å². The van der Waals surface area contributed by atoms with Crippen LogP contribution in [0.2, 0.25) is 0 Å². The molecule has 1 aliphatic heterocycles. The van der Waals surface area contributed by atoms with Crippen LogP contribution in [0.5, 0.6) is 0 Å². The number of aromatic carboxylic acids is 1. The molecular formula is C28H22N2O6S. The first-order valence-corrected chi connectivity index (χ1v) is 12.4. The van der Waals surface area contributed by atoms with Gasteiger partial charge in [-0.1, -0.05) is 59.9 Å². The van der Waals surface area contributed by atoms with E-state index in [0.29, 0.717) is 37.7 Å². The van der Waals surface area contributed by atoms with Crippen LogP contribution in [0.25, 0.3) is 17.4 Å². The van der Waals surface area contributed by atoms with Crippen LogP contribution >= 0.6 is 11.3 Å². The van der Waals surface area contributed by atoms with Crippen LogP contribution < -0.4 is 14.9 Å². The Bertz CT molecular complexity index is 1730. The minimum atomic E-state index is -1.06. The molecule has 0 bridgehead atoms. The number of carboxylic acids is 1. The summed E-state index contributed by atoms with van der Waals surface area (Å²) in [5.41, 5.74) is 1.81. The van der Waals surface area contributed by atoms with Gasteiger partial charge in [0.2, 0.25) is 0 Å². The van der Waals surface area contributed by atoms with E-state index in [1.165, 1.54) is 22.0 Å². The molecule has 1 atom stereocenters. The lowest BCUT2D eigenvalue weighted by Gasteiger charge is -2.24. The van der Waals surface area contributed by atoms with Crippen LogP contribution in [0.1, 0.15) is 41.6 Å². The lowest BCUT2D eigenvalue weighted by Crippen LogP contribution is -2.39. The smallest absolute Gasteiger partial charge is 0.338 e. The Balaban J connectivity index is 1.63. The molecule has 3 heterocycles. The fourth-order valence-electron chi connectivity index (χ4n) is 4.33. The second-order valence-corrected chi connectivity index (χ2v) is 9.27. The highest BCUT2D eigenvalue weighted by molar-refractivity contribution is 7.07. The molecule has 2 aromatic carbocycles. The highest BCUT2D eigenvalue weighted by Crippen LogP contribution is 2.30. The summed E-state index contributed by atoms with van der Waals surface area (Å²) in [6.07, 6.45) is 1.60. The van der Waals surface area contributed by atoms with Gasteiger partial charge in [-0.2, -0.15) is 0 Å². The van der Waals surface area contributed by atoms with Gasteiger partial charge in [0.15, 0.2) is 4.80 Å². The first-order chi connectivity index (χ1) is 17.9. The van der Waals surface area contributed by atoms with Gasteiger partial charge < -0.3 is 14.3 Å². The molecular weight excluding hydrogens is 492 g/mol.